The standard InChI is InChI=1S/C18H33N3/c1-7-11-19-16-9-10-18(5,6)12-17(16)21-14(4)15(8-2)13(3)20-21/h16-17,19H,7-12H2,1-6H3. The summed E-state index contributed by atoms with van der Waals surface area (Å²) in [5, 5.41) is 8.68. The largest absolute Gasteiger partial charge is 0.312 e. The van der Waals surface area contributed by atoms with Crippen molar-refractivity contribution in [3.05, 3.63) is 17.0 Å². The van der Waals surface area contributed by atoms with Gasteiger partial charge in [0, 0.05) is 11.7 Å². The van der Waals surface area contributed by atoms with E-state index in [1.807, 2.05) is 0 Å². The fourth-order valence-corrected chi connectivity index (χ4v) is 3.91. The molecule has 1 fully saturated rings. The van der Waals surface area contributed by atoms with E-state index in [0.29, 0.717) is 17.5 Å². The molecule has 0 bridgehead atoms. The van der Waals surface area contributed by atoms with Crippen molar-refractivity contribution in [3.8, 4) is 0 Å². The van der Waals surface area contributed by atoms with Crippen molar-refractivity contribution in [1.82, 2.24) is 15.1 Å². The molecular weight excluding hydrogens is 258 g/mol. The van der Waals surface area contributed by atoms with Gasteiger partial charge in [0.1, 0.15) is 0 Å². The van der Waals surface area contributed by atoms with Crippen LogP contribution in [0.25, 0.3) is 0 Å². The minimum atomic E-state index is 0.424. The molecule has 0 saturated heterocycles. The maximum atomic E-state index is 4.91. The summed E-state index contributed by atoms with van der Waals surface area (Å²) < 4.78 is 2.34. The highest BCUT2D eigenvalue weighted by molar-refractivity contribution is 5.25. The second kappa shape index (κ2) is 6.51. The van der Waals surface area contributed by atoms with Crippen LogP contribution < -0.4 is 5.32 Å². The molecule has 0 aliphatic heterocycles. The molecule has 1 aromatic heterocycles. The van der Waals surface area contributed by atoms with E-state index in [9.17, 15) is 0 Å². The highest BCUT2D eigenvalue weighted by Gasteiger charge is 2.37. The van der Waals surface area contributed by atoms with Gasteiger partial charge in [-0.05, 0) is 63.5 Å². The Balaban J connectivity index is 2.30. The second-order valence-corrected chi connectivity index (χ2v) is 7.48. The summed E-state index contributed by atoms with van der Waals surface area (Å²) in [5.74, 6) is 0. The highest BCUT2D eigenvalue weighted by Crippen LogP contribution is 2.41. The Morgan fingerprint density at radius 1 is 1.29 bits per heavy atom. The molecular formula is C18H33N3. The van der Waals surface area contributed by atoms with Crippen molar-refractivity contribution in [2.24, 2.45) is 5.41 Å². The van der Waals surface area contributed by atoms with Crippen LogP contribution in [0, 0.1) is 19.3 Å². The van der Waals surface area contributed by atoms with Gasteiger partial charge in [0.05, 0.1) is 11.7 Å². The van der Waals surface area contributed by atoms with Crippen molar-refractivity contribution in [2.75, 3.05) is 6.54 Å². The maximum absolute atomic E-state index is 4.91. The van der Waals surface area contributed by atoms with E-state index in [4.69, 9.17) is 5.10 Å². The monoisotopic (exact) mass is 291 g/mol. The summed E-state index contributed by atoms with van der Waals surface area (Å²) >= 11 is 0. The molecule has 1 aliphatic carbocycles. The molecule has 120 valence electrons. The molecule has 0 radical (unpaired) electrons. The van der Waals surface area contributed by atoms with Gasteiger partial charge in [-0.15, -0.1) is 0 Å². The predicted molar refractivity (Wildman–Crippen MR) is 89.8 cm³/mol. The molecule has 1 N–H and O–H groups in total. The number of hydrogen-bond donors (Lipinski definition) is 1. The number of aromatic nitrogens is 2. The summed E-state index contributed by atoms with van der Waals surface area (Å²) in [6.45, 7) is 14.8. The van der Waals surface area contributed by atoms with Gasteiger partial charge in [-0.3, -0.25) is 4.68 Å². The van der Waals surface area contributed by atoms with Crippen LogP contribution in [-0.4, -0.2) is 22.4 Å². The van der Waals surface area contributed by atoms with Gasteiger partial charge in [0.25, 0.3) is 0 Å². The van der Waals surface area contributed by atoms with Crippen molar-refractivity contribution in [3.63, 3.8) is 0 Å². The van der Waals surface area contributed by atoms with Crippen molar-refractivity contribution in [2.45, 2.75) is 85.7 Å². The average Bonchev–Trinajstić information content (AvgIpc) is 2.71. The summed E-state index contributed by atoms with van der Waals surface area (Å²) in [6, 6.07) is 1.07. The van der Waals surface area contributed by atoms with E-state index in [1.54, 1.807) is 0 Å². The lowest BCUT2D eigenvalue weighted by Crippen LogP contribution is -2.44. The third kappa shape index (κ3) is 3.50. The SMILES string of the molecule is CCCNC1CCC(C)(C)CC1n1nc(C)c(CC)c1C. The van der Waals surface area contributed by atoms with Gasteiger partial charge in [0.15, 0.2) is 0 Å². The molecule has 0 aromatic carbocycles. The van der Waals surface area contributed by atoms with Crippen molar-refractivity contribution < 1.29 is 0 Å². The molecule has 2 atom stereocenters. The molecule has 1 heterocycles. The lowest BCUT2D eigenvalue weighted by molar-refractivity contribution is 0.133. The number of nitrogens with zero attached hydrogens (tertiary/aromatic N) is 2. The van der Waals surface area contributed by atoms with E-state index in [2.05, 4.69) is 51.5 Å². The topological polar surface area (TPSA) is 29.9 Å². The average molecular weight is 291 g/mol. The third-order valence-electron chi connectivity index (χ3n) is 5.16. The Labute approximate surface area is 130 Å². The first-order valence-electron chi connectivity index (χ1n) is 8.67. The smallest absolute Gasteiger partial charge is 0.0680 e. The summed E-state index contributed by atoms with van der Waals surface area (Å²) in [5.41, 5.74) is 4.45. The van der Waals surface area contributed by atoms with Gasteiger partial charge < -0.3 is 5.32 Å². The van der Waals surface area contributed by atoms with E-state index in [-0.39, 0.29) is 0 Å². The fourth-order valence-electron chi connectivity index (χ4n) is 3.91. The molecule has 1 aliphatic rings. The maximum Gasteiger partial charge on any atom is 0.0680 e. The van der Waals surface area contributed by atoms with E-state index < -0.39 is 0 Å². The van der Waals surface area contributed by atoms with Crippen LogP contribution in [0.1, 0.15) is 76.4 Å². The van der Waals surface area contributed by atoms with Gasteiger partial charge >= 0.3 is 0 Å². The Hall–Kier alpha value is -0.830. The molecule has 1 saturated carbocycles. The summed E-state index contributed by atoms with van der Waals surface area (Å²) in [4.78, 5) is 0. The Bertz CT molecular complexity index is 473. The first-order valence-corrected chi connectivity index (χ1v) is 8.67. The minimum absolute atomic E-state index is 0.424. The molecule has 3 nitrogen and oxygen atoms in total. The molecule has 1 aromatic rings. The number of nitrogens with one attached hydrogen (secondary N) is 1. The van der Waals surface area contributed by atoms with Crippen LogP contribution in [0.4, 0.5) is 0 Å². The Morgan fingerprint density at radius 2 is 2.00 bits per heavy atom. The molecule has 2 rings (SSSR count). The second-order valence-electron chi connectivity index (χ2n) is 7.48. The molecule has 0 spiro atoms. The van der Waals surface area contributed by atoms with Crippen LogP contribution in [0.15, 0.2) is 0 Å². The van der Waals surface area contributed by atoms with Crippen LogP contribution in [0.3, 0.4) is 0 Å². The van der Waals surface area contributed by atoms with Crippen molar-refractivity contribution in [1.29, 1.82) is 0 Å². The zero-order valence-corrected chi connectivity index (χ0v) is 14.8. The third-order valence-corrected chi connectivity index (χ3v) is 5.16. The van der Waals surface area contributed by atoms with Gasteiger partial charge in [-0.1, -0.05) is 27.7 Å². The number of hydrogen-bond acceptors (Lipinski definition) is 2. The first kappa shape index (κ1) is 16.5. The fraction of sp³-hybridized carbons (Fsp3) is 0.833. The molecule has 0 amide bonds. The lowest BCUT2D eigenvalue weighted by atomic mass is 9.73. The normalized spacial score (nSPS) is 25.2. The van der Waals surface area contributed by atoms with Crippen LogP contribution in [-0.2, 0) is 6.42 Å². The zero-order chi connectivity index (χ0) is 15.6. The minimum Gasteiger partial charge on any atom is -0.312 e. The zero-order valence-electron chi connectivity index (χ0n) is 14.8. The van der Waals surface area contributed by atoms with Gasteiger partial charge in [-0.25, -0.2) is 0 Å². The van der Waals surface area contributed by atoms with Crippen LogP contribution >= 0.6 is 0 Å². The number of aryl methyl sites for hydroxylation is 1. The lowest BCUT2D eigenvalue weighted by Gasteiger charge is -2.41. The Morgan fingerprint density at radius 3 is 2.57 bits per heavy atom. The van der Waals surface area contributed by atoms with E-state index in [1.165, 1.54) is 42.6 Å². The Kier molecular flexibility index (Phi) is 5.13. The van der Waals surface area contributed by atoms with Crippen LogP contribution in [0.5, 0.6) is 0 Å². The van der Waals surface area contributed by atoms with E-state index >= 15 is 0 Å². The summed E-state index contributed by atoms with van der Waals surface area (Å²) in [7, 11) is 0. The van der Waals surface area contributed by atoms with E-state index in [0.717, 1.165) is 13.0 Å². The molecule has 2 unspecified atom stereocenters. The molecule has 3 heteroatoms. The number of rotatable bonds is 5. The first-order chi connectivity index (χ1) is 9.89. The highest BCUT2D eigenvalue weighted by atomic mass is 15.3. The predicted octanol–water partition coefficient (Wildman–Crippen LogP) is 4.18. The molecule has 21 heavy (non-hydrogen) atoms. The van der Waals surface area contributed by atoms with Gasteiger partial charge in [-0.2, -0.15) is 5.10 Å². The quantitative estimate of drug-likeness (QED) is 0.882. The van der Waals surface area contributed by atoms with Crippen LogP contribution in [0.2, 0.25) is 0 Å². The van der Waals surface area contributed by atoms with Crippen molar-refractivity contribution >= 4 is 0 Å². The van der Waals surface area contributed by atoms with Gasteiger partial charge in [0.2, 0.25) is 0 Å². The summed E-state index contributed by atoms with van der Waals surface area (Å²) in [6.07, 6.45) is 6.08.